The highest BCUT2D eigenvalue weighted by molar-refractivity contribution is 9.09. The van der Waals surface area contributed by atoms with Gasteiger partial charge in [0.1, 0.15) is 0 Å². The second-order valence-electron chi connectivity index (χ2n) is 3.02. The highest BCUT2D eigenvalue weighted by atomic mass is 79.9. The van der Waals surface area contributed by atoms with Gasteiger partial charge in [0.2, 0.25) is 0 Å². The number of allylic oxidation sites excluding steroid dienone is 5. The molecule has 0 radical (unpaired) electrons. The molecular formula is C10H10BrN. The topological polar surface area (TPSA) is 12.0 Å². The van der Waals surface area contributed by atoms with Crippen LogP contribution >= 0.6 is 15.9 Å². The number of rotatable bonds is 0. The van der Waals surface area contributed by atoms with Crippen LogP contribution in [0, 0.1) is 0 Å². The molecule has 0 bridgehead atoms. The van der Waals surface area contributed by atoms with Crippen molar-refractivity contribution in [2.45, 2.75) is 11.8 Å². The molecule has 2 heteroatoms. The molecule has 62 valence electrons. The molecule has 1 nitrogen and oxygen atoms in total. The Morgan fingerprint density at radius 2 is 2.33 bits per heavy atom. The fraction of sp³-hybridized carbons (Fsp3) is 0.200. The van der Waals surface area contributed by atoms with Crippen LogP contribution in [0.3, 0.4) is 0 Å². The van der Waals surface area contributed by atoms with Crippen molar-refractivity contribution in [2.75, 3.05) is 0 Å². The Labute approximate surface area is 80.7 Å². The largest absolute Gasteiger partial charge is 0.361 e. The standard InChI is InChI=1S/C10H10BrN/c1-7-4-8-2-3-9(11)5-10(8)12-6-7/h2-6,9,12H,1H3. The lowest BCUT2D eigenvalue weighted by atomic mass is 10.0. The second-order valence-corrected chi connectivity index (χ2v) is 4.07. The maximum Gasteiger partial charge on any atom is 0.0532 e. The summed E-state index contributed by atoms with van der Waals surface area (Å²) in [6.45, 7) is 2.09. The van der Waals surface area contributed by atoms with E-state index in [9.17, 15) is 0 Å². The van der Waals surface area contributed by atoms with Crippen LogP contribution in [0.4, 0.5) is 0 Å². The average molecular weight is 224 g/mol. The molecule has 0 amide bonds. The molecule has 0 aromatic rings. The van der Waals surface area contributed by atoms with Gasteiger partial charge in [-0.25, -0.2) is 0 Å². The van der Waals surface area contributed by atoms with Crippen LogP contribution in [0.2, 0.25) is 0 Å². The molecule has 0 spiro atoms. The third-order valence-corrected chi connectivity index (χ3v) is 2.50. The lowest BCUT2D eigenvalue weighted by Gasteiger charge is -2.19. The molecule has 0 aromatic carbocycles. The number of halogens is 1. The Bertz CT molecular complexity index is 321. The quantitative estimate of drug-likeness (QED) is 0.623. The Balaban J connectivity index is 2.36. The number of fused-ring (bicyclic) bond motifs is 1. The molecule has 12 heavy (non-hydrogen) atoms. The zero-order valence-electron chi connectivity index (χ0n) is 6.84. The highest BCUT2D eigenvalue weighted by Gasteiger charge is 2.11. The summed E-state index contributed by atoms with van der Waals surface area (Å²) in [5.74, 6) is 0. The van der Waals surface area contributed by atoms with Crippen LogP contribution < -0.4 is 5.32 Å². The molecule has 0 fully saturated rings. The molecule has 1 aliphatic heterocycles. The molecule has 1 unspecified atom stereocenters. The molecule has 1 heterocycles. The molecule has 0 saturated carbocycles. The predicted octanol–water partition coefficient (Wildman–Crippen LogP) is 2.64. The van der Waals surface area contributed by atoms with Crippen LogP contribution in [0.1, 0.15) is 6.92 Å². The molecule has 1 atom stereocenters. The van der Waals surface area contributed by atoms with Gasteiger partial charge in [0.15, 0.2) is 0 Å². The molecule has 2 rings (SSSR count). The van der Waals surface area contributed by atoms with Crippen LogP contribution in [-0.2, 0) is 0 Å². The predicted molar refractivity (Wildman–Crippen MR) is 54.9 cm³/mol. The van der Waals surface area contributed by atoms with Crippen molar-refractivity contribution >= 4 is 15.9 Å². The Morgan fingerprint density at radius 3 is 3.17 bits per heavy atom. The smallest absolute Gasteiger partial charge is 0.0532 e. The third-order valence-electron chi connectivity index (χ3n) is 1.94. The van der Waals surface area contributed by atoms with Crippen molar-refractivity contribution in [2.24, 2.45) is 0 Å². The zero-order valence-corrected chi connectivity index (χ0v) is 8.43. The van der Waals surface area contributed by atoms with Crippen molar-refractivity contribution in [3.63, 3.8) is 0 Å². The highest BCUT2D eigenvalue weighted by Crippen LogP contribution is 2.23. The normalized spacial score (nSPS) is 26.5. The Morgan fingerprint density at radius 1 is 1.50 bits per heavy atom. The first-order chi connectivity index (χ1) is 5.75. The van der Waals surface area contributed by atoms with Crippen molar-refractivity contribution in [1.82, 2.24) is 5.32 Å². The lowest BCUT2D eigenvalue weighted by molar-refractivity contribution is 1.02. The lowest BCUT2D eigenvalue weighted by Crippen LogP contribution is -2.15. The van der Waals surface area contributed by atoms with E-state index in [0.717, 1.165) is 0 Å². The Kier molecular flexibility index (Phi) is 1.93. The van der Waals surface area contributed by atoms with E-state index in [2.05, 4.69) is 52.5 Å². The van der Waals surface area contributed by atoms with Crippen LogP contribution in [0.25, 0.3) is 0 Å². The summed E-state index contributed by atoms with van der Waals surface area (Å²) >= 11 is 3.51. The number of alkyl halides is 1. The molecule has 2 aliphatic rings. The van der Waals surface area contributed by atoms with Gasteiger partial charge in [-0.2, -0.15) is 0 Å². The number of hydrogen-bond donors (Lipinski definition) is 1. The first kappa shape index (κ1) is 7.87. The maximum atomic E-state index is 3.51. The summed E-state index contributed by atoms with van der Waals surface area (Å²) in [5.41, 5.74) is 3.73. The van der Waals surface area contributed by atoms with Gasteiger partial charge < -0.3 is 5.32 Å². The van der Waals surface area contributed by atoms with E-state index >= 15 is 0 Å². The SMILES string of the molecule is CC1=CNC2=CC(Br)C=CC2=C1. The van der Waals surface area contributed by atoms with Crippen LogP contribution in [0.5, 0.6) is 0 Å². The summed E-state index contributed by atoms with van der Waals surface area (Å²) in [6.07, 6.45) is 10.6. The molecule has 0 saturated heterocycles. The number of hydrogen-bond acceptors (Lipinski definition) is 1. The van der Waals surface area contributed by atoms with Gasteiger partial charge >= 0.3 is 0 Å². The van der Waals surface area contributed by atoms with Crippen molar-refractivity contribution in [3.8, 4) is 0 Å². The molecular weight excluding hydrogens is 214 g/mol. The van der Waals surface area contributed by atoms with Gasteiger partial charge in [-0.1, -0.05) is 28.1 Å². The summed E-state index contributed by atoms with van der Waals surface area (Å²) in [5, 5.41) is 3.25. The minimum atomic E-state index is 0.365. The van der Waals surface area contributed by atoms with Crippen molar-refractivity contribution < 1.29 is 0 Å². The molecule has 0 aromatic heterocycles. The van der Waals surface area contributed by atoms with E-state index < -0.39 is 0 Å². The van der Waals surface area contributed by atoms with E-state index in [4.69, 9.17) is 0 Å². The minimum absolute atomic E-state index is 0.365. The fourth-order valence-corrected chi connectivity index (χ4v) is 1.75. The zero-order chi connectivity index (χ0) is 8.55. The fourth-order valence-electron chi connectivity index (χ4n) is 1.33. The van der Waals surface area contributed by atoms with Gasteiger partial charge in [-0.3, -0.25) is 0 Å². The first-order valence-corrected chi connectivity index (χ1v) is 4.87. The van der Waals surface area contributed by atoms with Crippen molar-refractivity contribution in [1.29, 1.82) is 0 Å². The first-order valence-electron chi connectivity index (χ1n) is 3.95. The van der Waals surface area contributed by atoms with Gasteiger partial charge in [-0.05, 0) is 30.2 Å². The van der Waals surface area contributed by atoms with Gasteiger partial charge in [0, 0.05) is 11.9 Å². The number of dihydropyridines is 1. The van der Waals surface area contributed by atoms with Crippen LogP contribution in [0.15, 0.2) is 47.3 Å². The van der Waals surface area contributed by atoms with E-state index in [0.29, 0.717) is 4.83 Å². The average Bonchev–Trinajstić information content (AvgIpc) is 2.05. The maximum absolute atomic E-state index is 3.51. The van der Waals surface area contributed by atoms with Gasteiger partial charge in [0.05, 0.1) is 4.83 Å². The Hall–Kier alpha value is -0.760. The third kappa shape index (κ3) is 1.39. The molecule has 1 N–H and O–H groups in total. The van der Waals surface area contributed by atoms with Gasteiger partial charge in [0.25, 0.3) is 0 Å². The second kappa shape index (κ2) is 2.94. The van der Waals surface area contributed by atoms with E-state index in [1.165, 1.54) is 16.8 Å². The summed E-state index contributed by atoms with van der Waals surface area (Å²) in [7, 11) is 0. The van der Waals surface area contributed by atoms with Gasteiger partial charge in [-0.15, -0.1) is 0 Å². The minimum Gasteiger partial charge on any atom is -0.361 e. The van der Waals surface area contributed by atoms with E-state index in [-0.39, 0.29) is 0 Å². The van der Waals surface area contributed by atoms with E-state index in [1.807, 2.05) is 6.20 Å². The number of nitrogens with one attached hydrogen (secondary N) is 1. The summed E-state index contributed by atoms with van der Waals surface area (Å²) in [4.78, 5) is 0.365. The summed E-state index contributed by atoms with van der Waals surface area (Å²) < 4.78 is 0. The monoisotopic (exact) mass is 223 g/mol. The van der Waals surface area contributed by atoms with E-state index in [1.54, 1.807) is 0 Å². The van der Waals surface area contributed by atoms with Crippen molar-refractivity contribution in [3.05, 3.63) is 47.3 Å². The summed E-state index contributed by atoms with van der Waals surface area (Å²) in [6, 6.07) is 0. The van der Waals surface area contributed by atoms with Crippen LogP contribution in [-0.4, -0.2) is 4.83 Å². The molecule has 1 aliphatic carbocycles.